The molecule has 1 aliphatic heterocycles. The Balaban J connectivity index is 0.000000868. The van der Waals surface area contributed by atoms with Crippen LogP contribution in [0.5, 0.6) is 0 Å². The number of hydrogen-bond donors (Lipinski definition) is 0. The predicted molar refractivity (Wildman–Crippen MR) is 103 cm³/mol. The summed E-state index contributed by atoms with van der Waals surface area (Å²) in [5.41, 5.74) is 1.31. The van der Waals surface area contributed by atoms with Crippen molar-refractivity contribution in [3.63, 3.8) is 0 Å². The van der Waals surface area contributed by atoms with Crippen molar-refractivity contribution in [2.24, 2.45) is 5.92 Å². The number of rotatable bonds is 4. The summed E-state index contributed by atoms with van der Waals surface area (Å²) in [4.78, 5) is 2.38. The van der Waals surface area contributed by atoms with E-state index in [1.54, 1.807) is 0 Å². The molecule has 0 bridgehead atoms. The third kappa shape index (κ3) is 9.12. The summed E-state index contributed by atoms with van der Waals surface area (Å²) in [6.45, 7) is 15.0. The van der Waals surface area contributed by atoms with Crippen LogP contribution in [0.2, 0.25) is 0 Å². The molecule has 0 spiro atoms. The van der Waals surface area contributed by atoms with Crippen molar-refractivity contribution in [1.82, 2.24) is 4.90 Å². The maximum Gasteiger partial charge on any atom is 0.0851 e. The Labute approximate surface area is 145 Å². The topological polar surface area (TPSA) is 12.5 Å². The minimum absolute atomic E-state index is 0.236. The van der Waals surface area contributed by atoms with Crippen LogP contribution in [0.15, 0.2) is 30.3 Å². The Morgan fingerprint density at radius 2 is 1.52 bits per heavy atom. The highest BCUT2D eigenvalue weighted by Crippen LogP contribution is 2.29. The highest BCUT2D eigenvalue weighted by atomic mass is 16.5. The van der Waals surface area contributed by atoms with Crippen molar-refractivity contribution in [2.45, 2.75) is 73.0 Å². The van der Waals surface area contributed by atoms with E-state index in [1.165, 1.54) is 12.0 Å². The quantitative estimate of drug-likeness (QED) is 0.680. The zero-order chi connectivity index (χ0) is 17.7. The van der Waals surface area contributed by atoms with Crippen LogP contribution < -0.4 is 0 Å². The van der Waals surface area contributed by atoms with E-state index in [-0.39, 0.29) is 6.10 Å². The van der Waals surface area contributed by atoms with Crippen molar-refractivity contribution < 1.29 is 4.74 Å². The van der Waals surface area contributed by atoms with E-state index in [2.05, 4.69) is 70.0 Å². The van der Waals surface area contributed by atoms with Crippen molar-refractivity contribution >= 4 is 0 Å². The van der Waals surface area contributed by atoms with E-state index < -0.39 is 0 Å². The van der Waals surface area contributed by atoms with Gasteiger partial charge >= 0.3 is 0 Å². The number of piperidine rings is 1. The molecule has 1 atom stereocenters. The molecule has 1 unspecified atom stereocenters. The SMILES string of the molecule is CC.CC(C)C(OC1CCN(C)CC1)c1ccccc1.CCC. The second-order valence-electron chi connectivity index (χ2n) is 6.42. The van der Waals surface area contributed by atoms with Crippen LogP contribution in [0.3, 0.4) is 0 Å². The maximum atomic E-state index is 6.36. The van der Waals surface area contributed by atoms with Crippen molar-refractivity contribution in [3.05, 3.63) is 35.9 Å². The summed E-state index contributed by atoms with van der Waals surface area (Å²) in [6.07, 6.45) is 4.23. The van der Waals surface area contributed by atoms with Gasteiger partial charge in [-0.05, 0) is 31.4 Å². The van der Waals surface area contributed by atoms with Gasteiger partial charge in [0.1, 0.15) is 0 Å². The van der Waals surface area contributed by atoms with Gasteiger partial charge in [0, 0.05) is 13.1 Å². The first kappa shape index (κ1) is 22.1. The van der Waals surface area contributed by atoms with E-state index in [0.29, 0.717) is 12.0 Å². The third-order valence-corrected chi connectivity index (χ3v) is 3.74. The summed E-state index contributed by atoms with van der Waals surface area (Å²) < 4.78 is 6.36. The standard InChI is InChI=1S/C16H25NO.C3H8.C2H6/c1-13(2)16(14-7-5-4-6-8-14)18-15-9-11-17(3)12-10-15;1-3-2;1-2/h4-8,13,15-16H,9-12H2,1-3H3;3H2,1-2H3;1-2H3. The van der Waals surface area contributed by atoms with Crippen LogP contribution in [0.4, 0.5) is 0 Å². The summed E-state index contributed by atoms with van der Waals surface area (Å²) in [7, 11) is 2.19. The summed E-state index contributed by atoms with van der Waals surface area (Å²) in [5.74, 6) is 0.520. The van der Waals surface area contributed by atoms with Gasteiger partial charge < -0.3 is 9.64 Å². The molecule has 1 saturated heterocycles. The fraction of sp³-hybridized carbons (Fsp3) is 0.714. The van der Waals surface area contributed by atoms with Gasteiger partial charge in [-0.15, -0.1) is 0 Å². The van der Waals surface area contributed by atoms with Gasteiger partial charge in [0.25, 0.3) is 0 Å². The molecule has 1 aromatic rings. The lowest BCUT2D eigenvalue weighted by Crippen LogP contribution is -2.35. The second kappa shape index (κ2) is 13.6. The smallest absolute Gasteiger partial charge is 0.0851 e. The third-order valence-electron chi connectivity index (χ3n) is 3.74. The summed E-state index contributed by atoms with van der Waals surface area (Å²) in [6, 6.07) is 10.6. The molecule has 1 aliphatic rings. The minimum atomic E-state index is 0.236. The van der Waals surface area contributed by atoms with Gasteiger partial charge in [-0.25, -0.2) is 0 Å². The summed E-state index contributed by atoms with van der Waals surface area (Å²) in [5, 5.41) is 0. The van der Waals surface area contributed by atoms with E-state index >= 15 is 0 Å². The van der Waals surface area contributed by atoms with Crippen molar-refractivity contribution in [2.75, 3.05) is 20.1 Å². The fourth-order valence-electron chi connectivity index (χ4n) is 2.59. The van der Waals surface area contributed by atoms with Gasteiger partial charge in [0.2, 0.25) is 0 Å². The molecule has 134 valence electrons. The Morgan fingerprint density at radius 3 is 1.96 bits per heavy atom. The first-order valence-electron chi connectivity index (χ1n) is 9.47. The first-order chi connectivity index (χ1) is 11.1. The molecule has 0 aliphatic carbocycles. The van der Waals surface area contributed by atoms with E-state index in [4.69, 9.17) is 4.74 Å². The number of hydrogen-bond acceptors (Lipinski definition) is 2. The average molecular weight is 322 g/mol. The molecular weight excluding hydrogens is 282 g/mol. The van der Waals surface area contributed by atoms with E-state index in [9.17, 15) is 0 Å². The van der Waals surface area contributed by atoms with Gasteiger partial charge in [-0.2, -0.15) is 0 Å². The Hall–Kier alpha value is -0.860. The average Bonchev–Trinajstić information content (AvgIpc) is 2.57. The molecule has 0 saturated carbocycles. The zero-order valence-electron chi connectivity index (χ0n) is 16.5. The monoisotopic (exact) mass is 321 g/mol. The molecule has 0 aromatic heterocycles. The molecule has 0 radical (unpaired) electrons. The lowest BCUT2D eigenvalue weighted by molar-refractivity contribution is -0.0608. The van der Waals surface area contributed by atoms with Crippen LogP contribution >= 0.6 is 0 Å². The summed E-state index contributed by atoms with van der Waals surface area (Å²) >= 11 is 0. The van der Waals surface area contributed by atoms with Crippen LogP contribution in [-0.4, -0.2) is 31.1 Å². The molecule has 2 rings (SSSR count). The number of benzene rings is 1. The maximum absolute atomic E-state index is 6.36. The lowest BCUT2D eigenvalue weighted by atomic mass is 9.98. The van der Waals surface area contributed by atoms with Gasteiger partial charge in [0.05, 0.1) is 12.2 Å². The Morgan fingerprint density at radius 1 is 1.04 bits per heavy atom. The molecule has 1 fully saturated rings. The molecule has 1 heterocycles. The van der Waals surface area contributed by atoms with Crippen LogP contribution in [0, 0.1) is 5.92 Å². The molecule has 0 amide bonds. The molecule has 0 N–H and O–H groups in total. The van der Waals surface area contributed by atoms with Gasteiger partial charge in [0.15, 0.2) is 0 Å². The largest absolute Gasteiger partial charge is 0.370 e. The molecular formula is C21H39NO. The van der Waals surface area contributed by atoms with E-state index in [1.807, 2.05) is 13.8 Å². The zero-order valence-corrected chi connectivity index (χ0v) is 16.5. The lowest BCUT2D eigenvalue weighted by Gasteiger charge is -2.33. The molecule has 2 heteroatoms. The molecule has 1 aromatic carbocycles. The van der Waals surface area contributed by atoms with Crippen LogP contribution in [-0.2, 0) is 4.74 Å². The highest BCUT2D eigenvalue weighted by Gasteiger charge is 2.24. The number of ether oxygens (including phenoxy) is 1. The van der Waals surface area contributed by atoms with E-state index in [0.717, 1.165) is 25.9 Å². The predicted octanol–water partition coefficient (Wildman–Crippen LogP) is 5.94. The fourth-order valence-corrected chi connectivity index (χ4v) is 2.59. The second-order valence-corrected chi connectivity index (χ2v) is 6.42. The molecule has 2 nitrogen and oxygen atoms in total. The first-order valence-corrected chi connectivity index (χ1v) is 9.47. The Bertz CT molecular complexity index is 355. The van der Waals surface area contributed by atoms with Crippen molar-refractivity contribution in [3.8, 4) is 0 Å². The highest BCUT2D eigenvalue weighted by molar-refractivity contribution is 5.18. The molecule has 23 heavy (non-hydrogen) atoms. The minimum Gasteiger partial charge on any atom is -0.370 e. The van der Waals surface area contributed by atoms with Crippen LogP contribution in [0.1, 0.15) is 72.5 Å². The van der Waals surface area contributed by atoms with Crippen molar-refractivity contribution in [1.29, 1.82) is 0 Å². The van der Waals surface area contributed by atoms with Gasteiger partial charge in [-0.1, -0.05) is 78.3 Å². The van der Waals surface area contributed by atoms with Crippen LogP contribution in [0.25, 0.3) is 0 Å². The normalized spacial score (nSPS) is 16.9. The Kier molecular flexibility index (Phi) is 13.1. The number of likely N-dealkylation sites (tertiary alicyclic amines) is 1. The number of nitrogens with zero attached hydrogens (tertiary/aromatic N) is 1. The van der Waals surface area contributed by atoms with Gasteiger partial charge in [-0.3, -0.25) is 0 Å².